The maximum absolute atomic E-state index is 4.40. The van der Waals surface area contributed by atoms with Gasteiger partial charge in [-0.2, -0.15) is 5.10 Å². The number of nitrogens with zero attached hydrogens (tertiary/aromatic N) is 2. The Morgan fingerprint density at radius 2 is 2.31 bits per heavy atom. The van der Waals surface area contributed by atoms with Crippen LogP contribution in [0.1, 0.15) is 19.0 Å². The molecule has 1 atom stereocenters. The third-order valence-electron chi connectivity index (χ3n) is 2.60. The largest absolute Gasteiger partial charge is 0.380 e. The summed E-state index contributed by atoms with van der Waals surface area (Å²) in [5, 5.41) is 11.2. The quantitative estimate of drug-likeness (QED) is 0.633. The van der Waals surface area contributed by atoms with E-state index in [2.05, 4.69) is 29.6 Å². The molecule has 0 amide bonds. The first-order valence-electron chi connectivity index (χ1n) is 4.72. The maximum atomic E-state index is 4.40. The second kappa shape index (κ2) is 2.94. The number of anilines is 2. The first-order valence-corrected chi connectivity index (χ1v) is 4.72. The van der Waals surface area contributed by atoms with E-state index >= 15 is 0 Å². The minimum absolute atomic E-state index is 0.503. The van der Waals surface area contributed by atoms with Gasteiger partial charge in [0.25, 0.3) is 0 Å². The van der Waals surface area contributed by atoms with E-state index in [0.29, 0.717) is 6.04 Å². The summed E-state index contributed by atoms with van der Waals surface area (Å²) in [5.74, 6) is 0.991. The molecule has 1 aliphatic rings. The molecule has 0 saturated carbocycles. The highest BCUT2D eigenvalue weighted by Gasteiger charge is 2.17. The molecule has 2 rings (SSSR count). The summed E-state index contributed by atoms with van der Waals surface area (Å²) in [7, 11) is 1.97. The van der Waals surface area contributed by atoms with Gasteiger partial charge >= 0.3 is 0 Å². The summed E-state index contributed by atoms with van der Waals surface area (Å²) in [5.41, 5.74) is 2.35. The van der Waals surface area contributed by atoms with Crippen molar-refractivity contribution in [3.8, 4) is 0 Å². The lowest BCUT2D eigenvalue weighted by Gasteiger charge is -2.07. The number of nitrogens with one attached hydrogen (secondary N) is 2. The standard InChI is InChI=1S/C9H16N4/c1-6-4-5-10-8-7(2)13(3)12-9(8)11-6/h6,10H,4-5H2,1-3H3,(H,11,12). The molecule has 2 heterocycles. The Kier molecular flexibility index (Phi) is 1.90. The number of hydrogen-bond donors (Lipinski definition) is 2. The zero-order valence-electron chi connectivity index (χ0n) is 8.39. The molecule has 1 aromatic rings. The van der Waals surface area contributed by atoms with Crippen LogP contribution in [0.25, 0.3) is 0 Å². The van der Waals surface area contributed by atoms with E-state index in [9.17, 15) is 0 Å². The van der Waals surface area contributed by atoms with E-state index in [4.69, 9.17) is 0 Å². The second-order valence-corrected chi connectivity index (χ2v) is 3.69. The molecule has 72 valence electrons. The van der Waals surface area contributed by atoms with Crippen molar-refractivity contribution in [2.75, 3.05) is 17.2 Å². The third-order valence-corrected chi connectivity index (χ3v) is 2.60. The van der Waals surface area contributed by atoms with E-state index < -0.39 is 0 Å². The first kappa shape index (κ1) is 8.41. The van der Waals surface area contributed by atoms with Gasteiger partial charge in [-0.3, -0.25) is 4.68 Å². The Labute approximate surface area is 78.3 Å². The number of fused-ring (bicyclic) bond motifs is 1. The normalized spacial score (nSPS) is 21.3. The second-order valence-electron chi connectivity index (χ2n) is 3.69. The van der Waals surface area contributed by atoms with E-state index in [1.807, 2.05) is 11.7 Å². The van der Waals surface area contributed by atoms with Gasteiger partial charge in [-0.05, 0) is 20.3 Å². The highest BCUT2D eigenvalue weighted by molar-refractivity contribution is 5.68. The Morgan fingerprint density at radius 3 is 3.08 bits per heavy atom. The zero-order chi connectivity index (χ0) is 9.42. The molecular weight excluding hydrogens is 164 g/mol. The molecule has 0 spiro atoms. The molecule has 1 aromatic heterocycles. The van der Waals surface area contributed by atoms with Crippen molar-refractivity contribution in [3.63, 3.8) is 0 Å². The van der Waals surface area contributed by atoms with E-state index in [1.54, 1.807) is 0 Å². The minimum atomic E-state index is 0.503. The van der Waals surface area contributed by atoms with Crippen LogP contribution >= 0.6 is 0 Å². The number of aromatic nitrogens is 2. The molecule has 0 saturated heterocycles. The van der Waals surface area contributed by atoms with Crippen molar-refractivity contribution in [3.05, 3.63) is 5.69 Å². The number of hydrogen-bond acceptors (Lipinski definition) is 3. The Bertz CT molecular complexity index is 316. The van der Waals surface area contributed by atoms with Crippen molar-refractivity contribution in [1.29, 1.82) is 0 Å². The third kappa shape index (κ3) is 1.36. The highest BCUT2D eigenvalue weighted by atomic mass is 15.3. The Hall–Kier alpha value is -1.19. The monoisotopic (exact) mass is 180 g/mol. The fraction of sp³-hybridized carbons (Fsp3) is 0.667. The molecule has 1 aliphatic heterocycles. The van der Waals surface area contributed by atoms with E-state index in [0.717, 1.165) is 24.5 Å². The van der Waals surface area contributed by atoms with Gasteiger partial charge in [-0.25, -0.2) is 0 Å². The van der Waals surface area contributed by atoms with Gasteiger partial charge in [0.2, 0.25) is 0 Å². The van der Waals surface area contributed by atoms with Gasteiger partial charge in [0.1, 0.15) is 5.69 Å². The summed E-state index contributed by atoms with van der Waals surface area (Å²) in [6.07, 6.45) is 1.14. The van der Waals surface area contributed by atoms with Crippen molar-refractivity contribution in [1.82, 2.24) is 9.78 Å². The number of aryl methyl sites for hydroxylation is 1. The van der Waals surface area contributed by atoms with Crippen LogP contribution in [0.15, 0.2) is 0 Å². The molecular formula is C9H16N4. The van der Waals surface area contributed by atoms with Crippen LogP contribution < -0.4 is 10.6 Å². The van der Waals surface area contributed by atoms with E-state index in [-0.39, 0.29) is 0 Å². The molecule has 0 bridgehead atoms. The Balaban J connectivity index is 2.39. The lowest BCUT2D eigenvalue weighted by Crippen LogP contribution is -2.16. The van der Waals surface area contributed by atoms with Gasteiger partial charge in [0.05, 0.1) is 5.69 Å². The lowest BCUT2D eigenvalue weighted by molar-refractivity contribution is 0.708. The van der Waals surface area contributed by atoms with Crippen LogP contribution in [0, 0.1) is 6.92 Å². The fourth-order valence-electron chi connectivity index (χ4n) is 1.64. The fourth-order valence-corrected chi connectivity index (χ4v) is 1.64. The zero-order valence-corrected chi connectivity index (χ0v) is 8.39. The topological polar surface area (TPSA) is 41.9 Å². The van der Waals surface area contributed by atoms with Crippen molar-refractivity contribution in [2.24, 2.45) is 7.05 Å². The first-order chi connectivity index (χ1) is 6.18. The van der Waals surface area contributed by atoms with Crippen LogP contribution in [-0.2, 0) is 7.05 Å². The van der Waals surface area contributed by atoms with Gasteiger partial charge < -0.3 is 10.6 Å². The molecule has 4 heteroatoms. The van der Waals surface area contributed by atoms with Crippen LogP contribution in [0.3, 0.4) is 0 Å². The van der Waals surface area contributed by atoms with Crippen LogP contribution in [0.4, 0.5) is 11.5 Å². The molecule has 0 aliphatic carbocycles. The summed E-state index contributed by atoms with van der Waals surface area (Å²) in [4.78, 5) is 0. The maximum Gasteiger partial charge on any atom is 0.171 e. The number of rotatable bonds is 0. The molecule has 0 radical (unpaired) electrons. The SMILES string of the molecule is Cc1c2c(nn1C)NC(C)CCN2. The van der Waals surface area contributed by atoms with Crippen molar-refractivity contribution < 1.29 is 0 Å². The average Bonchev–Trinajstić information content (AvgIpc) is 2.28. The Morgan fingerprint density at radius 1 is 1.54 bits per heavy atom. The lowest BCUT2D eigenvalue weighted by atomic mass is 10.2. The predicted molar refractivity (Wildman–Crippen MR) is 54.1 cm³/mol. The van der Waals surface area contributed by atoms with Crippen LogP contribution in [0.2, 0.25) is 0 Å². The summed E-state index contributed by atoms with van der Waals surface area (Å²) in [6.45, 7) is 5.28. The van der Waals surface area contributed by atoms with Crippen LogP contribution in [0.5, 0.6) is 0 Å². The van der Waals surface area contributed by atoms with Gasteiger partial charge in [-0.1, -0.05) is 0 Å². The summed E-state index contributed by atoms with van der Waals surface area (Å²) in [6, 6.07) is 0.503. The van der Waals surface area contributed by atoms with Gasteiger partial charge in [-0.15, -0.1) is 0 Å². The van der Waals surface area contributed by atoms with Gasteiger partial charge in [0.15, 0.2) is 5.82 Å². The molecule has 13 heavy (non-hydrogen) atoms. The summed E-state index contributed by atoms with van der Waals surface area (Å²) >= 11 is 0. The van der Waals surface area contributed by atoms with E-state index in [1.165, 1.54) is 5.69 Å². The minimum Gasteiger partial charge on any atom is -0.380 e. The average molecular weight is 180 g/mol. The molecule has 0 fully saturated rings. The molecule has 1 unspecified atom stereocenters. The summed E-state index contributed by atoms with van der Waals surface area (Å²) < 4.78 is 1.91. The van der Waals surface area contributed by atoms with Crippen molar-refractivity contribution in [2.45, 2.75) is 26.3 Å². The highest BCUT2D eigenvalue weighted by Crippen LogP contribution is 2.27. The van der Waals surface area contributed by atoms with Crippen molar-refractivity contribution >= 4 is 11.5 Å². The van der Waals surface area contributed by atoms with Crippen LogP contribution in [-0.4, -0.2) is 22.4 Å². The molecule has 0 aromatic carbocycles. The predicted octanol–water partition coefficient (Wildman–Crippen LogP) is 1.34. The molecule has 4 nitrogen and oxygen atoms in total. The van der Waals surface area contributed by atoms with Gasteiger partial charge in [0, 0.05) is 19.6 Å². The smallest absolute Gasteiger partial charge is 0.171 e. The molecule has 2 N–H and O–H groups in total.